The van der Waals surface area contributed by atoms with Gasteiger partial charge in [-0.05, 0) is 19.4 Å². The van der Waals surface area contributed by atoms with Gasteiger partial charge in [0.15, 0.2) is 0 Å². The van der Waals surface area contributed by atoms with Crippen molar-refractivity contribution in [1.82, 2.24) is 9.88 Å². The summed E-state index contributed by atoms with van der Waals surface area (Å²) in [4.78, 5) is 23.9. The lowest BCUT2D eigenvalue weighted by Gasteiger charge is -2.19. The topological polar surface area (TPSA) is 78.8 Å². The number of nitrogens with zero attached hydrogens (tertiary/aromatic N) is 1. The zero-order valence-corrected chi connectivity index (χ0v) is 15.7. The zero-order valence-electron chi connectivity index (χ0n) is 15.7. The van der Waals surface area contributed by atoms with Crippen LogP contribution < -0.4 is 25.1 Å². The molecule has 0 spiro atoms. The van der Waals surface area contributed by atoms with Gasteiger partial charge in [0.05, 0.1) is 26.9 Å². The summed E-state index contributed by atoms with van der Waals surface area (Å²) in [6.45, 7) is 1.89. The smallest absolute Gasteiger partial charge is 0.252 e. The third-order valence-electron chi connectivity index (χ3n) is 4.05. The molecule has 1 aromatic heterocycles. The predicted octanol–water partition coefficient (Wildman–Crippen LogP) is 1.77. The predicted molar refractivity (Wildman–Crippen MR) is 98.4 cm³/mol. The molecule has 1 aromatic carbocycles. The second kappa shape index (κ2) is 8.42. The summed E-state index contributed by atoms with van der Waals surface area (Å²) in [6.07, 6.45) is 2.02. The highest BCUT2D eigenvalue weighted by Gasteiger charge is 2.18. The first-order valence-corrected chi connectivity index (χ1v) is 8.16. The molecule has 0 aliphatic rings. The van der Waals surface area contributed by atoms with E-state index in [1.54, 1.807) is 40.5 Å². The van der Waals surface area contributed by atoms with Crippen LogP contribution >= 0.6 is 0 Å². The van der Waals surface area contributed by atoms with Crippen LogP contribution in [-0.2, 0) is 13.5 Å². The van der Waals surface area contributed by atoms with Crippen LogP contribution in [0.1, 0.15) is 22.8 Å². The molecule has 140 valence electrons. The van der Waals surface area contributed by atoms with Crippen LogP contribution in [0.4, 0.5) is 0 Å². The normalized spacial score (nSPS) is 11.6. The molecule has 0 saturated heterocycles. The Bertz CT molecular complexity index is 819. The SMILES string of the molecule is COc1cc(OC)c(CC(C)NC(=O)c2ccc(=O)n(C)c2)c(OC)c1. The van der Waals surface area contributed by atoms with Gasteiger partial charge in [-0.15, -0.1) is 0 Å². The van der Waals surface area contributed by atoms with E-state index in [0.29, 0.717) is 29.2 Å². The van der Waals surface area contributed by atoms with E-state index in [2.05, 4.69) is 5.32 Å². The number of carbonyl (C=O) groups is 1. The molecule has 1 N–H and O–H groups in total. The summed E-state index contributed by atoms with van der Waals surface area (Å²) in [6, 6.07) is 6.25. The number of pyridine rings is 1. The molecule has 2 aromatic rings. The van der Waals surface area contributed by atoms with Crippen LogP contribution in [0.5, 0.6) is 17.2 Å². The minimum Gasteiger partial charge on any atom is -0.496 e. The van der Waals surface area contributed by atoms with Crippen molar-refractivity contribution in [3.63, 3.8) is 0 Å². The first-order chi connectivity index (χ1) is 12.4. The first-order valence-electron chi connectivity index (χ1n) is 8.16. The van der Waals surface area contributed by atoms with Crippen molar-refractivity contribution in [2.75, 3.05) is 21.3 Å². The molecule has 0 aliphatic carbocycles. The number of aryl methyl sites for hydroxylation is 1. The van der Waals surface area contributed by atoms with E-state index in [9.17, 15) is 9.59 Å². The van der Waals surface area contributed by atoms with Gasteiger partial charge in [-0.1, -0.05) is 0 Å². The van der Waals surface area contributed by atoms with Gasteiger partial charge in [0.25, 0.3) is 5.91 Å². The van der Waals surface area contributed by atoms with Crippen molar-refractivity contribution in [2.24, 2.45) is 7.05 Å². The van der Waals surface area contributed by atoms with Crippen LogP contribution in [0.3, 0.4) is 0 Å². The maximum atomic E-state index is 12.4. The van der Waals surface area contributed by atoms with Crippen molar-refractivity contribution in [2.45, 2.75) is 19.4 Å². The van der Waals surface area contributed by atoms with Gasteiger partial charge in [0, 0.05) is 43.0 Å². The summed E-state index contributed by atoms with van der Waals surface area (Å²) >= 11 is 0. The van der Waals surface area contributed by atoms with E-state index < -0.39 is 0 Å². The number of hydrogen-bond acceptors (Lipinski definition) is 5. The molecule has 0 fully saturated rings. The second-order valence-corrected chi connectivity index (χ2v) is 5.96. The number of hydrogen-bond donors (Lipinski definition) is 1. The van der Waals surface area contributed by atoms with Crippen molar-refractivity contribution in [3.8, 4) is 17.2 Å². The van der Waals surface area contributed by atoms with Crippen LogP contribution in [0.15, 0.2) is 35.3 Å². The van der Waals surface area contributed by atoms with Crippen molar-refractivity contribution in [1.29, 1.82) is 0 Å². The van der Waals surface area contributed by atoms with E-state index in [4.69, 9.17) is 14.2 Å². The Kier molecular flexibility index (Phi) is 6.27. The van der Waals surface area contributed by atoms with E-state index in [1.165, 1.54) is 22.9 Å². The van der Waals surface area contributed by atoms with Crippen molar-refractivity contribution in [3.05, 3.63) is 51.9 Å². The molecular weight excluding hydrogens is 336 g/mol. The molecule has 0 bridgehead atoms. The Hall–Kier alpha value is -2.96. The minimum absolute atomic E-state index is 0.165. The Labute approximate surface area is 152 Å². The quantitative estimate of drug-likeness (QED) is 0.814. The largest absolute Gasteiger partial charge is 0.496 e. The number of nitrogens with one attached hydrogen (secondary N) is 1. The lowest BCUT2D eigenvalue weighted by Crippen LogP contribution is -2.35. The number of rotatable bonds is 7. The van der Waals surface area contributed by atoms with Crippen LogP contribution in [-0.4, -0.2) is 37.8 Å². The van der Waals surface area contributed by atoms with E-state index in [0.717, 1.165) is 5.56 Å². The summed E-state index contributed by atoms with van der Waals surface area (Å²) in [7, 11) is 6.33. The summed E-state index contributed by atoms with van der Waals surface area (Å²) in [5.74, 6) is 1.64. The maximum absolute atomic E-state index is 12.4. The van der Waals surface area contributed by atoms with Crippen LogP contribution in [0, 0.1) is 0 Å². The van der Waals surface area contributed by atoms with Gasteiger partial charge in [0.2, 0.25) is 5.56 Å². The van der Waals surface area contributed by atoms with Crippen LogP contribution in [0.25, 0.3) is 0 Å². The Morgan fingerprint density at radius 3 is 2.23 bits per heavy atom. The Morgan fingerprint density at radius 1 is 1.12 bits per heavy atom. The second-order valence-electron chi connectivity index (χ2n) is 5.96. The average Bonchev–Trinajstić information content (AvgIpc) is 2.63. The molecule has 1 unspecified atom stereocenters. The van der Waals surface area contributed by atoms with Gasteiger partial charge in [-0.3, -0.25) is 9.59 Å². The Balaban J connectivity index is 2.18. The van der Waals surface area contributed by atoms with Gasteiger partial charge in [-0.25, -0.2) is 0 Å². The average molecular weight is 360 g/mol. The van der Waals surface area contributed by atoms with Gasteiger partial charge in [0.1, 0.15) is 17.2 Å². The van der Waals surface area contributed by atoms with Crippen molar-refractivity contribution >= 4 is 5.91 Å². The number of benzene rings is 1. The molecule has 0 saturated carbocycles. The fourth-order valence-electron chi connectivity index (χ4n) is 2.67. The highest BCUT2D eigenvalue weighted by molar-refractivity contribution is 5.94. The molecule has 7 heteroatoms. The molecule has 0 aliphatic heterocycles. The highest BCUT2D eigenvalue weighted by Crippen LogP contribution is 2.34. The fourth-order valence-corrected chi connectivity index (χ4v) is 2.67. The third kappa shape index (κ3) is 4.36. The van der Waals surface area contributed by atoms with Gasteiger partial charge >= 0.3 is 0 Å². The van der Waals surface area contributed by atoms with Crippen molar-refractivity contribution < 1.29 is 19.0 Å². The highest BCUT2D eigenvalue weighted by atomic mass is 16.5. The zero-order chi connectivity index (χ0) is 19.3. The fraction of sp³-hybridized carbons (Fsp3) is 0.368. The number of carbonyl (C=O) groups excluding carboxylic acids is 1. The lowest BCUT2D eigenvalue weighted by molar-refractivity contribution is 0.0939. The molecule has 1 amide bonds. The number of methoxy groups -OCH3 is 3. The van der Waals surface area contributed by atoms with E-state index >= 15 is 0 Å². The first kappa shape index (κ1) is 19.4. The lowest BCUT2D eigenvalue weighted by atomic mass is 10.0. The van der Waals surface area contributed by atoms with Gasteiger partial charge < -0.3 is 24.1 Å². The van der Waals surface area contributed by atoms with Gasteiger partial charge in [-0.2, -0.15) is 0 Å². The summed E-state index contributed by atoms with van der Waals surface area (Å²) < 4.78 is 17.5. The molecule has 0 radical (unpaired) electrons. The molecule has 2 rings (SSSR count). The summed E-state index contributed by atoms with van der Waals surface area (Å²) in [5.41, 5.74) is 1.10. The summed E-state index contributed by atoms with van der Waals surface area (Å²) in [5, 5.41) is 2.93. The molecular formula is C19H24N2O5. The number of amides is 1. The van der Waals surface area contributed by atoms with Crippen LogP contribution in [0.2, 0.25) is 0 Å². The van der Waals surface area contributed by atoms with E-state index in [1.807, 2.05) is 6.92 Å². The molecule has 7 nitrogen and oxygen atoms in total. The Morgan fingerprint density at radius 2 is 1.73 bits per heavy atom. The standard InChI is InChI=1S/C19H24N2O5/c1-12(20-19(23)13-6-7-18(22)21(2)11-13)8-15-16(25-4)9-14(24-3)10-17(15)26-5/h6-7,9-12H,8H2,1-5H3,(H,20,23). The number of ether oxygens (including phenoxy) is 3. The maximum Gasteiger partial charge on any atom is 0.252 e. The molecule has 26 heavy (non-hydrogen) atoms. The monoisotopic (exact) mass is 360 g/mol. The third-order valence-corrected chi connectivity index (χ3v) is 4.05. The minimum atomic E-state index is -0.250. The molecule has 1 heterocycles. The number of aromatic nitrogens is 1. The molecule has 1 atom stereocenters. The van der Waals surface area contributed by atoms with E-state index in [-0.39, 0.29) is 17.5 Å².